The molecular formula is C26H28F2N8O6. The van der Waals surface area contributed by atoms with Crippen LogP contribution in [-0.2, 0) is 14.3 Å². The number of hydrogen-bond donors (Lipinski definition) is 2. The molecule has 0 saturated carbocycles. The molecule has 0 bridgehead atoms. The number of cyclic esters (lactones) is 1. The van der Waals surface area contributed by atoms with Crippen molar-refractivity contribution in [1.29, 1.82) is 0 Å². The van der Waals surface area contributed by atoms with Gasteiger partial charge in [-0.25, -0.2) is 23.4 Å². The SMILES string of the molecule is COC(=O)NCC1CN(c2cc(F)c(N3CCN(C(=O)C(C)NC(=O)c4cn5ccncc5n4)CC3)c(F)c2)C(=O)O1. The second kappa shape index (κ2) is 11.8. The van der Waals surface area contributed by atoms with Crippen molar-refractivity contribution in [3.05, 3.63) is 54.2 Å². The first-order valence-electron chi connectivity index (χ1n) is 13.1. The van der Waals surface area contributed by atoms with Crippen LogP contribution in [0.5, 0.6) is 0 Å². The van der Waals surface area contributed by atoms with Gasteiger partial charge in [0.2, 0.25) is 5.91 Å². The van der Waals surface area contributed by atoms with Gasteiger partial charge in [0, 0.05) is 56.9 Å². The number of halogens is 2. The minimum atomic E-state index is -0.878. The smallest absolute Gasteiger partial charge is 0.414 e. The van der Waals surface area contributed by atoms with Crippen molar-refractivity contribution in [3.63, 3.8) is 0 Å². The Labute approximate surface area is 238 Å². The van der Waals surface area contributed by atoms with Crippen LogP contribution in [0, 0.1) is 11.6 Å². The number of piperazine rings is 1. The molecule has 2 aliphatic heterocycles. The topological polar surface area (TPSA) is 151 Å². The highest BCUT2D eigenvalue weighted by Crippen LogP contribution is 2.31. The highest BCUT2D eigenvalue weighted by atomic mass is 19.1. The summed E-state index contributed by atoms with van der Waals surface area (Å²) in [4.78, 5) is 61.4. The predicted molar refractivity (Wildman–Crippen MR) is 143 cm³/mol. The Hall–Kier alpha value is -5.02. The Bertz CT molecular complexity index is 1470. The molecule has 5 rings (SSSR count). The van der Waals surface area contributed by atoms with Gasteiger partial charge < -0.3 is 34.3 Å². The van der Waals surface area contributed by atoms with Crippen LogP contribution in [0.3, 0.4) is 0 Å². The van der Waals surface area contributed by atoms with E-state index in [1.54, 1.807) is 23.7 Å². The van der Waals surface area contributed by atoms with Crippen LogP contribution in [0.15, 0.2) is 36.9 Å². The maximum Gasteiger partial charge on any atom is 0.414 e. The van der Waals surface area contributed by atoms with E-state index in [0.717, 1.165) is 17.0 Å². The average Bonchev–Trinajstić information content (AvgIpc) is 3.59. The van der Waals surface area contributed by atoms with Gasteiger partial charge in [-0.2, -0.15) is 0 Å². The zero-order chi connectivity index (χ0) is 30.0. The van der Waals surface area contributed by atoms with Crippen molar-refractivity contribution < 1.29 is 37.4 Å². The molecule has 2 N–H and O–H groups in total. The number of amides is 4. The lowest BCUT2D eigenvalue weighted by Crippen LogP contribution is -2.54. The summed E-state index contributed by atoms with van der Waals surface area (Å²) in [6, 6.07) is 1.23. The quantitative estimate of drug-likeness (QED) is 0.416. The van der Waals surface area contributed by atoms with E-state index in [-0.39, 0.29) is 62.2 Å². The van der Waals surface area contributed by atoms with Crippen LogP contribution in [-0.4, -0.2) is 102 Å². The van der Waals surface area contributed by atoms with Crippen LogP contribution in [0.25, 0.3) is 5.65 Å². The Morgan fingerprint density at radius 2 is 1.88 bits per heavy atom. The summed E-state index contributed by atoms with van der Waals surface area (Å²) in [5.74, 6) is -2.61. The standard InChI is InChI=1S/C26H28F2N8O6/c1-15(31-23(37)20-14-35-4-3-29-12-21(35)32-20)24(38)34-7-5-33(6-8-34)22-18(27)9-16(10-19(22)28)36-13-17(42-26(36)40)11-30-25(39)41-2/h3-4,9-10,12,14-15,17H,5-8,11,13H2,1-2H3,(H,30,39)(H,31,37). The van der Waals surface area contributed by atoms with E-state index in [9.17, 15) is 19.2 Å². The van der Waals surface area contributed by atoms with Gasteiger partial charge in [0.1, 0.15) is 23.5 Å². The van der Waals surface area contributed by atoms with Gasteiger partial charge >= 0.3 is 12.2 Å². The van der Waals surface area contributed by atoms with Crippen molar-refractivity contribution in [2.75, 3.05) is 56.2 Å². The van der Waals surface area contributed by atoms with Gasteiger partial charge in [0.25, 0.3) is 5.91 Å². The lowest BCUT2D eigenvalue weighted by molar-refractivity contribution is -0.133. The van der Waals surface area contributed by atoms with E-state index in [1.807, 2.05) is 0 Å². The van der Waals surface area contributed by atoms with Crippen molar-refractivity contribution in [2.24, 2.45) is 0 Å². The maximum atomic E-state index is 15.2. The first-order chi connectivity index (χ1) is 20.1. The summed E-state index contributed by atoms with van der Waals surface area (Å²) in [5, 5.41) is 5.05. The number of alkyl carbamates (subject to hydrolysis) is 1. The van der Waals surface area contributed by atoms with Gasteiger partial charge in [0.15, 0.2) is 17.3 Å². The number of hydrogen-bond acceptors (Lipinski definition) is 9. The summed E-state index contributed by atoms with van der Waals surface area (Å²) >= 11 is 0. The Kier molecular flexibility index (Phi) is 8.04. The highest BCUT2D eigenvalue weighted by molar-refractivity contribution is 5.96. The third kappa shape index (κ3) is 5.87. The summed E-state index contributed by atoms with van der Waals surface area (Å²) in [6.45, 7) is 2.14. The van der Waals surface area contributed by atoms with Crippen LogP contribution >= 0.6 is 0 Å². The molecule has 4 heterocycles. The number of nitrogens with zero attached hydrogens (tertiary/aromatic N) is 6. The number of rotatable bonds is 7. The predicted octanol–water partition coefficient (Wildman–Crippen LogP) is 1.16. The molecule has 2 aliphatic rings. The molecule has 2 atom stereocenters. The Balaban J connectivity index is 1.17. The van der Waals surface area contributed by atoms with Crippen LogP contribution in [0.4, 0.5) is 29.7 Å². The number of carbonyl (C=O) groups excluding carboxylic acids is 4. The number of nitrogens with one attached hydrogen (secondary N) is 2. The normalized spacial score (nSPS) is 17.7. The number of fused-ring (bicyclic) bond motifs is 1. The molecule has 2 fully saturated rings. The van der Waals surface area contributed by atoms with Crippen molar-refractivity contribution in [3.8, 4) is 0 Å². The minimum Gasteiger partial charge on any atom is -0.453 e. The molecule has 4 amide bonds. The third-order valence-electron chi connectivity index (χ3n) is 6.97. The number of carbonyl (C=O) groups is 4. The fourth-order valence-corrected chi connectivity index (χ4v) is 4.83. The van der Waals surface area contributed by atoms with E-state index in [4.69, 9.17) is 4.74 Å². The van der Waals surface area contributed by atoms with Crippen LogP contribution in [0.2, 0.25) is 0 Å². The van der Waals surface area contributed by atoms with Gasteiger partial charge in [0.05, 0.1) is 32.1 Å². The summed E-state index contributed by atoms with van der Waals surface area (Å²) in [5.41, 5.74) is 0.324. The Morgan fingerprint density at radius 1 is 1.17 bits per heavy atom. The Morgan fingerprint density at radius 3 is 2.55 bits per heavy atom. The number of benzene rings is 1. The molecule has 0 radical (unpaired) electrons. The van der Waals surface area contributed by atoms with E-state index in [2.05, 4.69) is 25.3 Å². The van der Waals surface area contributed by atoms with Gasteiger partial charge in [-0.1, -0.05) is 0 Å². The molecule has 42 heavy (non-hydrogen) atoms. The average molecular weight is 587 g/mol. The molecule has 222 valence electrons. The van der Waals surface area contributed by atoms with Crippen molar-refractivity contribution >= 4 is 41.0 Å². The van der Waals surface area contributed by atoms with Gasteiger partial charge in [-0.3, -0.25) is 19.5 Å². The third-order valence-corrected chi connectivity index (χ3v) is 6.97. The summed E-state index contributed by atoms with van der Waals surface area (Å²) in [6.07, 6.45) is 4.02. The molecule has 2 unspecified atom stereocenters. The highest BCUT2D eigenvalue weighted by Gasteiger charge is 2.35. The van der Waals surface area contributed by atoms with Crippen LogP contribution < -0.4 is 20.4 Å². The molecule has 3 aromatic rings. The zero-order valence-electron chi connectivity index (χ0n) is 22.8. The summed E-state index contributed by atoms with van der Waals surface area (Å²) in [7, 11) is 1.19. The number of imidazole rings is 1. The number of aromatic nitrogens is 3. The molecule has 2 saturated heterocycles. The van der Waals surface area contributed by atoms with Gasteiger partial charge in [-0.15, -0.1) is 0 Å². The molecule has 0 spiro atoms. The second-order valence-corrected chi connectivity index (χ2v) is 9.72. The molecule has 14 nitrogen and oxygen atoms in total. The first-order valence-corrected chi connectivity index (χ1v) is 13.1. The van der Waals surface area contributed by atoms with Gasteiger partial charge in [-0.05, 0) is 6.92 Å². The van der Waals surface area contributed by atoms with E-state index in [1.165, 1.54) is 29.3 Å². The fraction of sp³-hybridized carbons (Fsp3) is 0.385. The lowest BCUT2D eigenvalue weighted by atomic mass is 10.1. The van der Waals surface area contributed by atoms with Crippen molar-refractivity contribution in [2.45, 2.75) is 19.1 Å². The molecule has 0 aliphatic carbocycles. The van der Waals surface area contributed by atoms with E-state index >= 15 is 8.78 Å². The van der Waals surface area contributed by atoms with E-state index in [0.29, 0.717) is 5.65 Å². The number of anilines is 2. The molecule has 16 heteroatoms. The monoisotopic (exact) mass is 586 g/mol. The first kappa shape index (κ1) is 28.5. The second-order valence-electron chi connectivity index (χ2n) is 9.72. The molecular weight excluding hydrogens is 558 g/mol. The van der Waals surface area contributed by atoms with E-state index < -0.39 is 41.9 Å². The molecule has 1 aromatic carbocycles. The number of ether oxygens (including phenoxy) is 2. The van der Waals surface area contributed by atoms with Crippen LogP contribution in [0.1, 0.15) is 17.4 Å². The largest absolute Gasteiger partial charge is 0.453 e. The lowest BCUT2D eigenvalue weighted by Gasteiger charge is -2.37. The fourth-order valence-electron chi connectivity index (χ4n) is 4.83. The van der Waals surface area contributed by atoms with Crippen molar-refractivity contribution in [1.82, 2.24) is 29.9 Å². The zero-order valence-corrected chi connectivity index (χ0v) is 22.8. The minimum absolute atomic E-state index is 0.0229. The number of methoxy groups -OCH3 is 1. The molecule has 2 aromatic heterocycles. The maximum absolute atomic E-state index is 15.2. The summed E-state index contributed by atoms with van der Waals surface area (Å²) < 4.78 is 41.6.